The topological polar surface area (TPSA) is 162 Å². The summed E-state index contributed by atoms with van der Waals surface area (Å²) in [4.78, 5) is 37.0. The second-order valence-electron chi connectivity index (χ2n) is 9.61. The molecule has 1 saturated heterocycles. The number of halogens is 5. The zero-order chi connectivity index (χ0) is 30.6. The van der Waals surface area contributed by atoms with Crippen LogP contribution in [0.25, 0.3) is 0 Å². The van der Waals surface area contributed by atoms with Crippen LogP contribution in [0.3, 0.4) is 0 Å². The van der Waals surface area contributed by atoms with Gasteiger partial charge in [0.1, 0.15) is 24.4 Å². The second-order valence-corrected chi connectivity index (χ2v) is 11.9. The number of aliphatic hydroxyl groups excluding tert-OH is 1. The molecule has 0 radical (unpaired) electrons. The minimum Gasteiger partial charge on any atom is -0.497 e. The maximum Gasteiger partial charge on any atom is 0.408 e. The van der Waals surface area contributed by atoms with E-state index in [9.17, 15) is 55.0 Å². The van der Waals surface area contributed by atoms with Crippen molar-refractivity contribution < 1.29 is 59.7 Å². The van der Waals surface area contributed by atoms with Gasteiger partial charge >= 0.3 is 18.2 Å². The Morgan fingerprint density at radius 3 is 2.17 bits per heavy atom. The molecule has 0 aliphatic carbocycles. The van der Waals surface area contributed by atoms with Gasteiger partial charge in [-0.1, -0.05) is 26.0 Å². The lowest BCUT2D eigenvalue weighted by Crippen LogP contribution is -2.61. The maximum absolute atomic E-state index is 14.5. The quantitative estimate of drug-likeness (QED) is 0.277. The number of likely N-dealkylation sites (tertiary alicyclic amines) is 1. The van der Waals surface area contributed by atoms with Gasteiger partial charge in [0.2, 0.25) is 5.91 Å². The lowest BCUT2D eigenvalue weighted by molar-refractivity contribution is -0.175. The standard InChI is InChI=1S/C23H30F5N3O8S/c1-12(2)17(18(32)23(27,28)20(34)29-11-22(24,25)26)30-19(33)16-8-15(9-31(16)21(35)36)40(37,38)10-13-4-6-14(39-3)7-5-13/h4-7,12,15-18,32H,8-11H2,1-3H3,(H,29,34)(H,30,33)(H,35,36)/t15-,16+,17?,18?/m1/s1. The number of carbonyl (C=O) groups is 3. The zero-order valence-electron chi connectivity index (χ0n) is 21.6. The summed E-state index contributed by atoms with van der Waals surface area (Å²) in [6.45, 7) is -0.182. The number of amides is 3. The van der Waals surface area contributed by atoms with E-state index < -0.39 is 94.5 Å². The first-order valence-corrected chi connectivity index (χ1v) is 13.6. The van der Waals surface area contributed by atoms with E-state index in [2.05, 4.69) is 0 Å². The van der Waals surface area contributed by atoms with Crippen molar-refractivity contribution in [1.82, 2.24) is 15.5 Å². The number of nitrogens with one attached hydrogen (secondary N) is 2. The number of benzene rings is 1. The van der Waals surface area contributed by atoms with Crippen molar-refractivity contribution in [1.29, 1.82) is 0 Å². The number of rotatable bonds is 11. The molecule has 0 saturated carbocycles. The van der Waals surface area contributed by atoms with Gasteiger partial charge in [0.05, 0.1) is 24.2 Å². The number of aliphatic hydroxyl groups is 1. The van der Waals surface area contributed by atoms with Gasteiger partial charge in [-0.2, -0.15) is 22.0 Å². The normalized spacial score (nSPS) is 19.7. The van der Waals surface area contributed by atoms with Crippen molar-refractivity contribution >= 4 is 27.7 Å². The summed E-state index contributed by atoms with van der Waals surface area (Å²) in [5.41, 5.74) is 0.365. The Morgan fingerprint density at radius 1 is 1.12 bits per heavy atom. The molecule has 11 nitrogen and oxygen atoms in total. The van der Waals surface area contributed by atoms with Crippen molar-refractivity contribution in [2.75, 3.05) is 20.2 Å². The zero-order valence-corrected chi connectivity index (χ0v) is 22.4. The van der Waals surface area contributed by atoms with E-state index >= 15 is 0 Å². The second kappa shape index (κ2) is 12.5. The fourth-order valence-electron chi connectivity index (χ4n) is 4.12. The third kappa shape index (κ3) is 8.16. The van der Waals surface area contributed by atoms with Gasteiger partial charge in [0, 0.05) is 6.54 Å². The number of sulfone groups is 1. The number of hydrogen-bond acceptors (Lipinski definition) is 7. The minimum absolute atomic E-state index is 0.365. The molecule has 17 heteroatoms. The first-order chi connectivity index (χ1) is 18.3. The summed E-state index contributed by atoms with van der Waals surface area (Å²) in [5.74, 6) is -9.48. The smallest absolute Gasteiger partial charge is 0.408 e. The van der Waals surface area contributed by atoms with E-state index in [0.717, 1.165) is 5.32 Å². The van der Waals surface area contributed by atoms with Crippen LogP contribution < -0.4 is 15.4 Å². The molecule has 1 fully saturated rings. The van der Waals surface area contributed by atoms with Crippen LogP contribution >= 0.6 is 0 Å². The molecule has 1 aliphatic rings. The summed E-state index contributed by atoms with van der Waals surface area (Å²) in [7, 11) is -2.60. The SMILES string of the molecule is COc1ccc(CS(=O)(=O)[C@@H]2C[C@@H](C(=O)NC(C(C)C)C(O)C(F)(F)C(=O)NCC(F)(F)F)N(C(=O)O)C2)cc1. The number of methoxy groups -OCH3 is 1. The lowest BCUT2D eigenvalue weighted by Gasteiger charge is -2.33. The summed E-state index contributed by atoms with van der Waals surface area (Å²) in [5, 5.41) is 21.4. The fraction of sp³-hybridized carbons (Fsp3) is 0.609. The highest BCUT2D eigenvalue weighted by molar-refractivity contribution is 7.91. The Morgan fingerprint density at radius 2 is 1.70 bits per heavy atom. The summed E-state index contributed by atoms with van der Waals surface area (Å²) >= 11 is 0. The Labute approximate surface area is 226 Å². The van der Waals surface area contributed by atoms with Crippen LogP contribution in [0.2, 0.25) is 0 Å². The van der Waals surface area contributed by atoms with Crippen LogP contribution in [0, 0.1) is 5.92 Å². The fourth-order valence-corrected chi connectivity index (χ4v) is 5.87. The van der Waals surface area contributed by atoms with Crippen LogP contribution in [-0.4, -0.2) is 97.2 Å². The largest absolute Gasteiger partial charge is 0.497 e. The molecule has 40 heavy (non-hydrogen) atoms. The van der Waals surface area contributed by atoms with E-state index in [-0.39, 0.29) is 0 Å². The molecule has 3 amide bonds. The van der Waals surface area contributed by atoms with Gasteiger partial charge in [-0.25, -0.2) is 13.2 Å². The highest BCUT2D eigenvalue weighted by atomic mass is 32.2. The van der Waals surface area contributed by atoms with Crippen molar-refractivity contribution in [3.63, 3.8) is 0 Å². The van der Waals surface area contributed by atoms with Crippen LogP contribution in [0.15, 0.2) is 24.3 Å². The molecule has 1 aromatic carbocycles. The van der Waals surface area contributed by atoms with Gasteiger partial charge in [0.15, 0.2) is 9.84 Å². The summed E-state index contributed by atoms with van der Waals surface area (Å²) in [6.07, 6.45) is -10.2. The Balaban J connectivity index is 2.21. The Hall–Kier alpha value is -3.21. The van der Waals surface area contributed by atoms with Crippen LogP contribution in [0.5, 0.6) is 5.75 Å². The lowest BCUT2D eigenvalue weighted by atomic mass is 9.93. The third-order valence-electron chi connectivity index (χ3n) is 6.34. The number of hydrogen-bond donors (Lipinski definition) is 4. The van der Waals surface area contributed by atoms with E-state index in [1.165, 1.54) is 45.2 Å². The number of nitrogens with zero attached hydrogens (tertiary/aromatic N) is 1. The Kier molecular flexibility index (Phi) is 10.3. The van der Waals surface area contributed by atoms with Gasteiger partial charge in [0.25, 0.3) is 5.91 Å². The first-order valence-electron chi connectivity index (χ1n) is 11.9. The van der Waals surface area contributed by atoms with E-state index in [0.29, 0.717) is 16.2 Å². The van der Waals surface area contributed by atoms with E-state index in [4.69, 9.17) is 4.74 Å². The predicted molar refractivity (Wildman–Crippen MR) is 129 cm³/mol. The predicted octanol–water partition coefficient (Wildman–Crippen LogP) is 1.55. The molecule has 2 unspecified atom stereocenters. The third-order valence-corrected chi connectivity index (χ3v) is 8.43. The molecule has 2 rings (SSSR count). The van der Waals surface area contributed by atoms with Crippen molar-refractivity contribution in [2.24, 2.45) is 5.92 Å². The molecule has 1 aromatic rings. The van der Waals surface area contributed by atoms with Crippen LogP contribution in [-0.2, 0) is 25.2 Å². The van der Waals surface area contributed by atoms with Crippen molar-refractivity contribution in [2.45, 2.75) is 61.6 Å². The van der Waals surface area contributed by atoms with Gasteiger partial charge in [-0.3, -0.25) is 14.5 Å². The number of ether oxygens (including phenoxy) is 1. The van der Waals surface area contributed by atoms with Crippen molar-refractivity contribution in [3.8, 4) is 5.75 Å². The minimum atomic E-state index is -5.00. The average molecular weight is 604 g/mol. The molecule has 0 spiro atoms. The molecular formula is C23H30F5N3O8S. The monoisotopic (exact) mass is 603 g/mol. The molecule has 1 heterocycles. The van der Waals surface area contributed by atoms with Crippen molar-refractivity contribution in [3.05, 3.63) is 29.8 Å². The van der Waals surface area contributed by atoms with Gasteiger partial charge in [-0.15, -0.1) is 0 Å². The summed E-state index contributed by atoms with van der Waals surface area (Å²) < 4.78 is 97.1. The first kappa shape index (κ1) is 33.0. The molecule has 0 bridgehead atoms. The van der Waals surface area contributed by atoms with E-state index in [1.807, 2.05) is 5.32 Å². The van der Waals surface area contributed by atoms with Gasteiger partial charge in [-0.05, 0) is 30.0 Å². The summed E-state index contributed by atoms with van der Waals surface area (Å²) in [6, 6.07) is 2.44. The number of carbonyl (C=O) groups excluding carboxylic acids is 2. The van der Waals surface area contributed by atoms with Gasteiger partial charge < -0.3 is 25.6 Å². The maximum atomic E-state index is 14.5. The number of carboxylic acid groups (broad SMARTS) is 1. The molecule has 1 aliphatic heterocycles. The Bertz CT molecular complexity index is 1180. The highest BCUT2D eigenvalue weighted by Crippen LogP contribution is 2.29. The molecule has 4 N–H and O–H groups in total. The van der Waals surface area contributed by atoms with Crippen LogP contribution in [0.4, 0.5) is 26.7 Å². The van der Waals surface area contributed by atoms with Crippen LogP contribution in [0.1, 0.15) is 25.8 Å². The molecule has 0 aromatic heterocycles. The highest BCUT2D eigenvalue weighted by Gasteiger charge is 2.53. The molecule has 226 valence electrons. The average Bonchev–Trinajstić information content (AvgIpc) is 3.32. The molecular weight excluding hydrogens is 573 g/mol. The van der Waals surface area contributed by atoms with E-state index in [1.54, 1.807) is 0 Å². The number of alkyl halides is 5. The molecule has 4 atom stereocenters.